The second-order valence-electron chi connectivity index (χ2n) is 6.05. The lowest BCUT2D eigenvalue weighted by Crippen LogP contribution is -2.39. The third-order valence-electron chi connectivity index (χ3n) is 4.16. The zero-order chi connectivity index (χ0) is 17.2. The molecule has 2 unspecified atom stereocenters. The molecule has 0 bridgehead atoms. The summed E-state index contributed by atoms with van der Waals surface area (Å²) >= 11 is 0. The molecule has 0 aliphatic carbocycles. The molecule has 2 aromatic rings. The second-order valence-corrected chi connectivity index (χ2v) is 6.05. The van der Waals surface area contributed by atoms with E-state index in [-0.39, 0.29) is 11.8 Å². The first-order valence-corrected chi connectivity index (χ1v) is 8.59. The highest BCUT2D eigenvalue weighted by molar-refractivity contribution is 5.86. The predicted octanol–water partition coefficient (Wildman–Crippen LogP) is 3.89. The highest BCUT2D eigenvalue weighted by atomic mass is 16.2. The molecule has 2 rings (SSSR count). The summed E-state index contributed by atoms with van der Waals surface area (Å²) in [5, 5.41) is 2.91. The second kappa shape index (κ2) is 9.66. The van der Waals surface area contributed by atoms with Crippen molar-refractivity contribution in [1.29, 1.82) is 0 Å². The first kappa shape index (κ1) is 17.9. The number of hydrogen-bond donors (Lipinski definition) is 1. The molecule has 0 saturated heterocycles. The van der Waals surface area contributed by atoms with Crippen LogP contribution in [0.15, 0.2) is 60.7 Å². The molecule has 0 radical (unpaired) electrons. The molecule has 24 heavy (non-hydrogen) atoms. The SMILES string of the molecule is CCCCC(C=O)NC(=O)C(Cc1ccccc1)c1ccccc1. The first-order chi connectivity index (χ1) is 11.7. The molecule has 0 heterocycles. The van der Waals surface area contributed by atoms with Crippen LogP contribution in [-0.4, -0.2) is 18.2 Å². The fourth-order valence-corrected chi connectivity index (χ4v) is 2.78. The van der Waals surface area contributed by atoms with Crippen molar-refractivity contribution in [2.75, 3.05) is 0 Å². The van der Waals surface area contributed by atoms with Gasteiger partial charge in [-0.25, -0.2) is 0 Å². The van der Waals surface area contributed by atoms with Crippen molar-refractivity contribution in [1.82, 2.24) is 5.32 Å². The number of nitrogens with one attached hydrogen (secondary N) is 1. The lowest BCUT2D eigenvalue weighted by molar-refractivity contribution is -0.125. The van der Waals surface area contributed by atoms with Crippen molar-refractivity contribution in [3.05, 3.63) is 71.8 Å². The van der Waals surface area contributed by atoms with Gasteiger partial charge in [0.1, 0.15) is 6.29 Å². The van der Waals surface area contributed by atoms with E-state index in [1.807, 2.05) is 60.7 Å². The van der Waals surface area contributed by atoms with Crippen molar-refractivity contribution in [2.45, 2.75) is 44.6 Å². The zero-order valence-electron chi connectivity index (χ0n) is 14.2. The highest BCUT2D eigenvalue weighted by Crippen LogP contribution is 2.21. The number of benzene rings is 2. The Morgan fingerprint density at radius 2 is 1.67 bits per heavy atom. The predicted molar refractivity (Wildman–Crippen MR) is 96.8 cm³/mol. The van der Waals surface area contributed by atoms with Gasteiger partial charge in [-0.3, -0.25) is 4.79 Å². The molecule has 0 saturated carbocycles. The van der Waals surface area contributed by atoms with Gasteiger partial charge in [0.25, 0.3) is 0 Å². The average molecular weight is 323 g/mol. The molecule has 0 aromatic heterocycles. The number of hydrogen-bond acceptors (Lipinski definition) is 2. The Labute approximate surface area is 144 Å². The average Bonchev–Trinajstić information content (AvgIpc) is 2.64. The number of carbonyl (C=O) groups excluding carboxylic acids is 2. The molecule has 1 N–H and O–H groups in total. The molecule has 0 aliphatic heterocycles. The van der Waals surface area contributed by atoms with Gasteiger partial charge >= 0.3 is 0 Å². The van der Waals surface area contributed by atoms with E-state index in [1.54, 1.807) is 0 Å². The summed E-state index contributed by atoms with van der Waals surface area (Å²) in [4.78, 5) is 24.1. The smallest absolute Gasteiger partial charge is 0.228 e. The number of aldehydes is 1. The minimum absolute atomic E-state index is 0.0849. The van der Waals surface area contributed by atoms with Crippen LogP contribution in [0.1, 0.15) is 43.2 Å². The maximum Gasteiger partial charge on any atom is 0.228 e. The van der Waals surface area contributed by atoms with E-state index in [1.165, 1.54) is 0 Å². The van der Waals surface area contributed by atoms with Gasteiger partial charge in [0, 0.05) is 0 Å². The molecular formula is C21H25NO2. The fraction of sp³-hybridized carbons (Fsp3) is 0.333. The van der Waals surface area contributed by atoms with Crippen LogP contribution in [0.25, 0.3) is 0 Å². The van der Waals surface area contributed by atoms with Crippen LogP contribution < -0.4 is 5.32 Å². The van der Waals surface area contributed by atoms with Crippen LogP contribution >= 0.6 is 0 Å². The van der Waals surface area contributed by atoms with E-state index in [2.05, 4.69) is 12.2 Å². The molecule has 2 aromatic carbocycles. The lowest BCUT2D eigenvalue weighted by atomic mass is 9.91. The van der Waals surface area contributed by atoms with E-state index < -0.39 is 6.04 Å². The van der Waals surface area contributed by atoms with Crippen molar-refractivity contribution >= 4 is 12.2 Å². The number of amides is 1. The first-order valence-electron chi connectivity index (χ1n) is 8.59. The van der Waals surface area contributed by atoms with Crippen LogP contribution in [-0.2, 0) is 16.0 Å². The van der Waals surface area contributed by atoms with Gasteiger partial charge in [0.2, 0.25) is 5.91 Å². The Morgan fingerprint density at radius 1 is 1.04 bits per heavy atom. The maximum absolute atomic E-state index is 12.8. The Kier molecular flexibility index (Phi) is 7.21. The van der Waals surface area contributed by atoms with Crippen molar-refractivity contribution in [3.63, 3.8) is 0 Å². The highest BCUT2D eigenvalue weighted by Gasteiger charge is 2.23. The van der Waals surface area contributed by atoms with E-state index in [9.17, 15) is 9.59 Å². The van der Waals surface area contributed by atoms with Gasteiger partial charge in [-0.05, 0) is 24.0 Å². The lowest BCUT2D eigenvalue weighted by Gasteiger charge is -2.20. The molecule has 3 nitrogen and oxygen atoms in total. The van der Waals surface area contributed by atoms with E-state index in [4.69, 9.17) is 0 Å². The van der Waals surface area contributed by atoms with Crippen LogP contribution in [0.3, 0.4) is 0 Å². The number of unbranched alkanes of at least 4 members (excludes halogenated alkanes) is 1. The molecule has 0 fully saturated rings. The van der Waals surface area contributed by atoms with Crippen molar-refractivity contribution < 1.29 is 9.59 Å². The molecular weight excluding hydrogens is 298 g/mol. The molecule has 2 atom stereocenters. The summed E-state index contributed by atoms with van der Waals surface area (Å²) in [6.45, 7) is 2.08. The van der Waals surface area contributed by atoms with Gasteiger partial charge in [-0.2, -0.15) is 0 Å². The molecule has 0 aliphatic rings. The molecule has 0 spiro atoms. The Balaban J connectivity index is 2.15. The Morgan fingerprint density at radius 3 is 2.25 bits per heavy atom. The van der Waals surface area contributed by atoms with Crippen LogP contribution in [0.4, 0.5) is 0 Å². The zero-order valence-corrected chi connectivity index (χ0v) is 14.2. The standard InChI is InChI=1S/C21H25NO2/c1-2-3-14-19(16-23)22-21(24)20(18-12-8-5-9-13-18)15-17-10-6-4-7-11-17/h4-13,16,19-20H,2-3,14-15H2,1H3,(H,22,24). The third-order valence-corrected chi connectivity index (χ3v) is 4.16. The number of carbonyl (C=O) groups is 2. The maximum atomic E-state index is 12.8. The molecule has 1 amide bonds. The Bertz CT molecular complexity index is 625. The van der Waals surface area contributed by atoms with Crippen LogP contribution in [0.5, 0.6) is 0 Å². The quantitative estimate of drug-likeness (QED) is 0.712. The van der Waals surface area contributed by atoms with Gasteiger partial charge in [-0.15, -0.1) is 0 Å². The summed E-state index contributed by atoms with van der Waals surface area (Å²) in [7, 11) is 0. The van der Waals surface area contributed by atoms with Gasteiger partial charge in [-0.1, -0.05) is 80.4 Å². The van der Waals surface area contributed by atoms with Crippen LogP contribution in [0.2, 0.25) is 0 Å². The van der Waals surface area contributed by atoms with Crippen molar-refractivity contribution in [2.24, 2.45) is 0 Å². The Hall–Kier alpha value is -2.42. The molecule has 3 heteroatoms. The van der Waals surface area contributed by atoms with Gasteiger partial charge < -0.3 is 10.1 Å². The summed E-state index contributed by atoms with van der Waals surface area (Å²) in [5.74, 6) is -0.379. The summed E-state index contributed by atoms with van der Waals surface area (Å²) < 4.78 is 0. The fourth-order valence-electron chi connectivity index (χ4n) is 2.78. The molecule has 126 valence electrons. The van der Waals surface area contributed by atoms with E-state index in [0.29, 0.717) is 12.8 Å². The summed E-state index contributed by atoms with van der Waals surface area (Å²) in [6, 6.07) is 19.3. The minimum Gasteiger partial charge on any atom is -0.346 e. The number of rotatable bonds is 9. The normalized spacial score (nSPS) is 13.0. The van der Waals surface area contributed by atoms with E-state index >= 15 is 0 Å². The topological polar surface area (TPSA) is 46.2 Å². The third kappa shape index (κ3) is 5.34. The van der Waals surface area contributed by atoms with Gasteiger partial charge in [0.05, 0.1) is 12.0 Å². The van der Waals surface area contributed by atoms with E-state index in [0.717, 1.165) is 30.3 Å². The minimum atomic E-state index is -0.403. The monoisotopic (exact) mass is 323 g/mol. The van der Waals surface area contributed by atoms with Crippen molar-refractivity contribution in [3.8, 4) is 0 Å². The summed E-state index contributed by atoms with van der Waals surface area (Å²) in [5.41, 5.74) is 2.08. The summed E-state index contributed by atoms with van der Waals surface area (Å²) in [6.07, 6.45) is 4.09. The van der Waals surface area contributed by atoms with Crippen LogP contribution in [0, 0.1) is 0 Å². The largest absolute Gasteiger partial charge is 0.346 e. The van der Waals surface area contributed by atoms with Gasteiger partial charge in [0.15, 0.2) is 0 Å².